The van der Waals surface area contributed by atoms with Gasteiger partial charge in [0, 0.05) is 16.1 Å². The summed E-state index contributed by atoms with van der Waals surface area (Å²) in [5, 5.41) is 3.46. The second-order valence-electron chi connectivity index (χ2n) is 3.68. The number of thiazole rings is 1. The fourth-order valence-electron chi connectivity index (χ4n) is 1.43. The Morgan fingerprint density at radius 2 is 2.33 bits per heavy atom. The fourth-order valence-corrected chi connectivity index (χ4v) is 2.44. The van der Waals surface area contributed by atoms with Crippen LogP contribution in [0.3, 0.4) is 0 Å². The minimum absolute atomic E-state index is 0.289. The fraction of sp³-hybridized carbons (Fsp3) is 0.167. The molecule has 1 heterocycles. The van der Waals surface area contributed by atoms with Gasteiger partial charge in [0.25, 0.3) is 0 Å². The molecule has 94 valence electrons. The van der Waals surface area contributed by atoms with E-state index in [1.165, 1.54) is 0 Å². The first-order valence-electron chi connectivity index (χ1n) is 5.19. The average molecular weight is 299 g/mol. The number of benzene rings is 1. The van der Waals surface area contributed by atoms with Crippen LogP contribution in [0.2, 0.25) is 5.02 Å². The molecular weight excluding hydrogens is 288 g/mol. The molecule has 0 aliphatic carbocycles. The van der Waals surface area contributed by atoms with E-state index in [2.05, 4.69) is 4.98 Å². The predicted molar refractivity (Wildman–Crippen MR) is 78.5 cm³/mol. The number of aryl methyl sites for hydroxylation is 1. The van der Waals surface area contributed by atoms with Crippen LogP contribution in [0.4, 0.5) is 0 Å². The third-order valence-electron chi connectivity index (χ3n) is 2.23. The van der Waals surface area contributed by atoms with Crippen LogP contribution >= 0.6 is 35.2 Å². The number of aromatic nitrogens is 1. The van der Waals surface area contributed by atoms with Gasteiger partial charge in [-0.1, -0.05) is 23.8 Å². The van der Waals surface area contributed by atoms with Crippen LogP contribution < -0.4 is 10.5 Å². The van der Waals surface area contributed by atoms with Crippen molar-refractivity contribution in [2.45, 2.75) is 13.5 Å². The zero-order valence-electron chi connectivity index (χ0n) is 9.64. The molecular formula is C12H11ClN2OS2. The van der Waals surface area contributed by atoms with Crippen molar-refractivity contribution in [1.82, 2.24) is 4.98 Å². The van der Waals surface area contributed by atoms with Gasteiger partial charge in [-0.2, -0.15) is 0 Å². The molecule has 6 heteroatoms. The minimum atomic E-state index is 0.289. The van der Waals surface area contributed by atoms with Crippen molar-refractivity contribution < 1.29 is 4.74 Å². The first kappa shape index (κ1) is 13.3. The lowest BCUT2D eigenvalue weighted by Gasteiger charge is -2.09. The highest BCUT2D eigenvalue weighted by Gasteiger charge is 2.08. The summed E-state index contributed by atoms with van der Waals surface area (Å²) in [6.45, 7) is 2.33. The summed E-state index contributed by atoms with van der Waals surface area (Å²) < 4.78 is 5.67. The van der Waals surface area contributed by atoms with Gasteiger partial charge in [-0.05, 0) is 25.1 Å². The van der Waals surface area contributed by atoms with Gasteiger partial charge in [0.15, 0.2) is 0 Å². The van der Waals surface area contributed by atoms with Crippen LogP contribution in [0.1, 0.15) is 16.3 Å². The highest BCUT2D eigenvalue weighted by Crippen LogP contribution is 2.24. The zero-order chi connectivity index (χ0) is 13.1. The van der Waals surface area contributed by atoms with Gasteiger partial charge in [0.2, 0.25) is 0 Å². The quantitative estimate of drug-likeness (QED) is 0.880. The SMILES string of the molecule is Cc1csc(COc2cc(Cl)ccc2C(N)=S)n1. The van der Waals surface area contributed by atoms with Crippen molar-refractivity contribution in [3.05, 3.63) is 44.9 Å². The molecule has 0 saturated carbocycles. The van der Waals surface area contributed by atoms with Crippen molar-refractivity contribution in [3.8, 4) is 5.75 Å². The lowest BCUT2D eigenvalue weighted by Crippen LogP contribution is -2.11. The van der Waals surface area contributed by atoms with Crippen molar-refractivity contribution in [3.63, 3.8) is 0 Å². The van der Waals surface area contributed by atoms with Crippen LogP contribution in [0.15, 0.2) is 23.6 Å². The topological polar surface area (TPSA) is 48.1 Å². The summed E-state index contributed by atoms with van der Waals surface area (Å²) >= 11 is 12.5. The van der Waals surface area contributed by atoms with E-state index in [0.29, 0.717) is 22.9 Å². The van der Waals surface area contributed by atoms with E-state index in [-0.39, 0.29) is 4.99 Å². The maximum Gasteiger partial charge on any atom is 0.140 e. The zero-order valence-corrected chi connectivity index (χ0v) is 12.0. The van der Waals surface area contributed by atoms with Gasteiger partial charge in [-0.25, -0.2) is 4.98 Å². The van der Waals surface area contributed by atoms with Gasteiger partial charge >= 0.3 is 0 Å². The van der Waals surface area contributed by atoms with Crippen LogP contribution in [0.5, 0.6) is 5.75 Å². The number of nitrogens with two attached hydrogens (primary N) is 1. The van der Waals surface area contributed by atoms with Crippen LogP contribution in [0.25, 0.3) is 0 Å². The Labute approximate surface area is 120 Å². The average Bonchev–Trinajstić information content (AvgIpc) is 2.72. The number of hydrogen-bond donors (Lipinski definition) is 1. The van der Waals surface area contributed by atoms with E-state index in [1.54, 1.807) is 29.5 Å². The minimum Gasteiger partial charge on any atom is -0.486 e. The normalized spacial score (nSPS) is 10.3. The monoisotopic (exact) mass is 298 g/mol. The summed E-state index contributed by atoms with van der Waals surface area (Å²) in [5.74, 6) is 0.586. The molecule has 0 unspecified atom stereocenters. The molecule has 1 aromatic carbocycles. The number of hydrogen-bond acceptors (Lipinski definition) is 4. The van der Waals surface area contributed by atoms with Crippen molar-refractivity contribution in [2.24, 2.45) is 5.73 Å². The predicted octanol–water partition coefficient (Wildman–Crippen LogP) is 3.32. The maximum absolute atomic E-state index is 5.93. The standard InChI is InChI=1S/C12H11ClN2OS2/c1-7-6-18-11(15-7)5-16-10-4-8(13)2-3-9(10)12(14)17/h2-4,6H,5H2,1H3,(H2,14,17). The number of rotatable bonds is 4. The van der Waals surface area contributed by atoms with Crippen molar-refractivity contribution in [2.75, 3.05) is 0 Å². The highest BCUT2D eigenvalue weighted by molar-refractivity contribution is 7.80. The molecule has 0 fully saturated rings. The summed E-state index contributed by atoms with van der Waals surface area (Å²) in [5.41, 5.74) is 7.30. The Bertz CT molecular complexity index is 583. The molecule has 0 bridgehead atoms. The molecule has 0 amide bonds. The van der Waals surface area contributed by atoms with E-state index < -0.39 is 0 Å². The highest BCUT2D eigenvalue weighted by atomic mass is 35.5. The maximum atomic E-state index is 5.93. The molecule has 2 N–H and O–H groups in total. The number of halogens is 1. The molecule has 3 nitrogen and oxygen atoms in total. The Morgan fingerprint density at radius 1 is 1.56 bits per heavy atom. The van der Waals surface area contributed by atoms with Gasteiger partial charge in [-0.3, -0.25) is 0 Å². The van der Waals surface area contributed by atoms with Gasteiger partial charge in [0.1, 0.15) is 22.4 Å². The molecule has 0 saturated heterocycles. The van der Waals surface area contributed by atoms with Crippen LogP contribution in [-0.4, -0.2) is 9.97 Å². The molecule has 0 atom stereocenters. The summed E-state index contributed by atoms with van der Waals surface area (Å²) in [4.78, 5) is 4.61. The number of nitrogens with zero attached hydrogens (tertiary/aromatic N) is 1. The van der Waals surface area contributed by atoms with Crippen molar-refractivity contribution >= 4 is 40.1 Å². The Morgan fingerprint density at radius 3 is 2.94 bits per heavy atom. The van der Waals surface area contributed by atoms with E-state index in [0.717, 1.165) is 10.7 Å². The first-order valence-corrected chi connectivity index (χ1v) is 6.86. The summed E-state index contributed by atoms with van der Waals surface area (Å²) in [6.07, 6.45) is 0. The van der Waals surface area contributed by atoms with E-state index in [1.807, 2.05) is 12.3 Å². The van der Waals surface area contributed by atoms with Gasteiger partial charge in [0.05, 0.1) is 5.56 Å². The number of thiocarbonyl (C=S) groups is 1. The third kappa shape index (κ3) is 3.19. The Kier molecular flexibility index (Phi) is 4.16. The molecule has 1 aromatic heterocycles. The lowest BCUT2D eigenvalue weighted by molar-refractivity contribution is 0.305. The van der Waals surface area contributed by atoms with Crippen LogP contribution in [0, 0.1) is 6.92 Å². The summed E-state index contributed by atoms with van der Waals surface area (Å²) in [6, 6.07) is 5.19. The van der Waals surface area contributed by atoms with Gasteiger partial charge in [-0.15, -0.1) is 11.3 Å². The Balaban J connectivity index is 2.17. The first-order chi connectivity index (χ1) is 8.56. The second kappa shape index (κ2) is 5.65. The van der Waals surface area contributed by atoms with E-state index >= 15 is 0 Å². The molecule has 18 heavy (non-hydrogen) atoms. The summed E-state index contributed by atoms with van der Waals surface area (Å²) in [7, 11) is 0. The number of ether oxygens (including phenoxy) is 1. The lowest BCUT2D eigenvalue weighted by atomic mass is 10.2. The van der Waals surface area contributed by atoms with Crippen molar-refractivity contribution in [1.29, 1.82) is 0 Å². The van der Waals surface area contributed by atoms with Gasteiger partial charge < -0.3 is 10.5 Å². The largest absolute Gasteiger partial charge is 0.486 e. The van der Waals surface area contributed by atoms with E-state index in [9.17, 15) is 0 Å². The molecule has 0 radical (unpaired) electrons. The molecule has 0 aliphatic heterocycles. The van der Waals surface area contributed by atoms with E-state index in [4.69, 9.17) is 34.3 Å². The van der Waals surface area contributed by atoms with Crippen LogP contribution in [-0.2, 0) is 6.61 Å². The molecule has 2 rings (SSSR count). The molecule has 0 spiro atoms. The second-order valence-corrected chi connectivity index (χ2v) is 5.49. The third-order valence-corrected chi connectivity index (χ3v) is 3.62. The Hall–Kier alpha value is -1.17. The molecule has 2 aromatic rings. The molecule has 0 aliphatic rings. The smallest absolute Gasteiger partial charge is 0.140 e.